The molecule has 0 aromatic carbocycles. The third kappa shape index (κ3) is 2.36. The molecule has 5 nitrogen and oxygen atoms in total. The highest BCUT2D eigenvalue weighted by Gasteiger charge is 2.43. The highest BCUT2D eigenvalue weighted by atomic mass is 32.2. The normalized spacial score (nSPS) is 16.2. The third-order valence-corrected chi connectivity index (χ3v) is 3.01. The maximum absolute atomic E-state index is 11.1. The molecule has 3 N–H and O–H groups in total. The second-order valence-corrected chi connectivity index (χ2v) is 4.36. The van der Waals surface area contributed by atoms with Crippen molar-refractivity contribution in [2.45, 2.75) is 24.6 Å². The number of nitrogens with two attached hydrogens (primary N) is 1. The van der Waals surface area contributed by atoms with Gasteiger partial charge in [-0.15, -0.1) is 0 Å². The van der Waals surface area contributed by atoms with Gasteiger partial charge in [0, 0.05) is 0 Å². The van der Waals surface area contributed by atoms with Crippen LogP contribution in [0.15, 0.2) is 12.7 Å². The topological polar surface area (TPSA) is 97.5 Å². The summed E-state index contributed by atoms with van der Waals surface area (Å²) in [4.78, 5) is 8.86. The lowest BCUT2D eigenvalue weighted by molar-refractivity contribution is -0.117. The van der Waals surface area contributed by atoms with E-state index in [0.717, 1.165) is 6.08 Å². The van der Waals surface area contributed by atoms with E-state index < -0.39 is 20.8 Å². The fraction of sp³-hybridized carbons (Fsp3) is 0.571. The molecule has 0 saturated heterocycles. The van der Waals surface area contributed by atoms with E-state index >= 15 is 0 Å². The first kappa shape index (κ1) is 12.3. The van der Waals surface area contributed by atoms with Crippen LogP contribution in [-0.2, 0) is 14.9 Å². The van der Waals surface area contributed by atoms with Gasteiger partial charge in [0.1, 0.15) is 0 Å². The van der Waals surface area contributed by atoms with Crippen molar-refractivity contribution >= 4 is 15.9 Å². The zero-order valence-corrected chi connectivity index (χ0v) is 8.17. The molecule has 0 saturated carbocycles. The fourth-order valence-corrected chi connectivity index (χ4v) is 1.72. The van der Waals surface area contributed by atoms with Gasteiger partial charge in [-0.1, -0.05) is 19.9 Å². The van der Waals surface area contributed by atoms with Gasteiger partial charge in [-0.05, 0) is 12.5 Å². The summed E-state index contributed by atoms with van der Waals surface area (Å²) < 4.78 is 30.4. The molecular formula is C7H13NO4S. The molecule has 0 aliphatic rings. The molecule has 0 aliphatic heterocycles. The summed E-state index contributed by atoms with van der Waals surface area (Å²) >= 11 is 0. The predicted octanol–water partition coefficient (Wildman–Crippen LogP) is 0.0844. The number of rotatable bonds is 5. The van der Waals surface area contributed by atoms with Crippen molar-refractivity contribution in [1.82, 2.24) is 0 Å². The lowest BCUT2D eigenvalue weighted by Crippen LogP contribution is -2.53. The van der Waals surface area contributed by atoms with Crippen molar-refractivity contribution in [3.8, 4) is 0 Å². The van der Waals surface area contributed by atoms with Gasteiger partial charge < -0.3 is 5.73 Å². The van der Waals surface area contributed by atoms with Crippen molar-refractivity contribution in [3.05, 3.63) is 12.7 Å². The van der Waals surface area contributed by atoms with Crippen molar-refractivity contribution in [3.63, 3.8) is 0 Å². The highest BCUT2D eigenvalue weighted by Crippen LogP contribution is 2.18. The molecule has 6 heteroatoms. The molecule has 0 aromatic heterocycles. The van der Waals surface area contributed by atoms with Gasteiger partial charge in [-0.25, -0.2) is 0 Å². The fourth-order valence-electron chi connectivity index (χ4n) is 0.923. The predicted molar refractivity (Wildman–Crippen MR) is 48.6 cm³/mol. The van der Waals surface area contributed by atoms with Crippen LogP contribution in [0.25, 0.3) is 0 Å². The van der Waals surface area contributed by atoms with Gasteiger partial charge in [-0.3, -0.25) is 9.35 Å². The zero-order valence-electron chi connectivity index (χ0n) is 7.36. The Hall–Kier alpha value is -0.720. The van der Waals surface area contributed by atoms with Crippen LogP contribution in [0, 0.1) is 0 Å². The minimum atomic E-state index is -4.58. The second-order valence-electron chi connectivity index (χ2n) is 2.68. The van der Waals surface area contributed by atoms with E-state index in [9.17, 15) is 13.2 Å². The SMILES string of the molecule is C=CC(=O)C(N)(CCC)S(=O)(=O)O. The third-order valence-electron chi connectivity index (χ3n) is 1.68. The minimum Gasteiger partial charge on any atom is -0.304 e. The van der Waals surface area contributed by atoms with E-state index in [-0.39, 0.29) is 6.42 Å². The summed E-state index contributed by atoms with van der Waals surface area (Å²) in [6, 6.07) is 0. The number of hydrogen-bond acceptors (Lipinski definition) is 4. The monoisotopic (exact) mass is 207 g/mol. The zero-order chi connectivity index (χ0) is 10.7. The molecule has 0 heterocycles. The molecule has 0 bridgehead atoms. The summed E-state index contributed by atoms with van der Waals surface area (Å²) in [6.07, 6.45) is 1.04. The second kappa shape index (κ2) is 3.99. The van der Waals surface area contributed by atoms with Gasteiger partial charge in [0.05, 0.1) is 0 Å². The maximum atomic E-state index is 11.1. The van der Waals surface area contributed by atoms with Crippen molar-refractivity contribution < 1.29 is 17.8 Å². The van der Waals surface area contributed by atoms with Gasteiger partial charge >= 0.3 is 0 Å². The Morgan fingerprint density at radius 2 is 2.15 bits per heavy atom. The van der Waals surface area contributed by atoms with E-state index in [1.807, 2.05) is 0 Å². The van der Waals surface area contributed by atoms with Crippen molar-refractivity contribution in [2.75, 3.05) is 0 Å². The quantitative estimate of drug-likeness (QED) is 0.491. The molecule has 0 aliphatic carbocycles. The number of hydrogen-bond donors (Lipinski definition) is 2. The average molecular weight is 207 g/mol. The van der Waals surface area contributed by atoms with Gasteiger partial charge in [0.15, 0.2) is 5.78 Å². The van der Waals surface area contributed by atoms with Crippen LogP contribution >= 0.6 is 0 Å². The summed E-state index contributed by atoms with van der Waals surface area (Å²) in [5, 5.41) is 0. The molecule has 0 radical (unpaired) electrons. The Morgan fingerprint density at radius 1 is 1.69 bits per heavy atom. The van der Waals surface area contributed by atoms with E-state index in [1.54, 1.807) is 6.92 Å². The molecule has 1 atom stereocenters. The van der Waals surface area contributed by atoms with E-state index in [1.165, 1.54) is 0 Å². The van der Waals surface area contributed by atoms with Crippen molar-refractivity contribution in [2.24, 2.45) is 5.73 Å². The van der Waals surface area contributed by atoms with Crippen LogP contribution in [0.5, 0.6) is 0 Å². The Kier molecular flexibility index (Phi) is 3.77. The molecule has 1 unspecified atom stereocenters. The van der Waals surface area contributed by atoms with Crippen LogP contribution in [0.1, 0.15) is 19.8 Å². The smallest absolute Gasteiger partial charge is 0.291 e. The summed E-state index contributed by atoms with van der Waals surface area (Å²) in [5.41, 5.74) is 5.28. The molecule has 0 spiro atoms. The van der Waals surface area contributed by atoms with Gasteiger partial charge in [0.2, 0.25) is 4.87 Å². The van der Waals surface area contributed by atoms with Crippen LogP contribution in [0.3, 0.4) is 0 Å². The Labute approximate surface area is 77.4 Å². The summed E-state index contributed by atoms with van der Waals surface area (Å²) in [5.74, 6) is -0.892. The summed E-state index contributed by atoms with van der Waals surface area (Å²) in [7, 11) is -4.58. The van der Waals surface area contributed by atoms with Crippen LogP contribution in [0.2, 0.25) is 0 Å². The standard InChI is InChI=1S/C7H13NO4S/c1-3-5-7(8,6(9)4-2)13(10,11)12/h4H,2-3,5,8H2,1H3,(H,10,11,12). The number of ketones is 1. The highest BCUT2D eigenvalue weighted by molar-refractivity contribution is 7.88. The van der Waals surface area contributed by atoms with Crippen LogP contribution in [0.4, 0.5) is 0 Å². The van der Waals surface area contributed by atoms with Gasteiger partial charge in [-0.2, -0.15) is 8.42 Å². The largest absolute Gasteiger partial charge is 0.304 e. The molecule has 0 amide bonds. The average Bonchev–Trinajstić information content (AvgIpc) is 2.01. The van der Waals surface area contributed by atoms with Crippen molar-refractivity contribution in [1.29, 1.82) is 0 Å². The molecule has 0 fully saturated rings. The number of carbonyl (C=O) groups excluding carboxylic acids is 1. The van der Waals surface area contributed by atoms with E-state index in [2.05, 4.69) is 6.58 Å². The van der Waals surface area contributed by atoms with E-state index in [0.29, 0.717) is 6.42 Å². The molecule has 0 aromatic rings. The maximum Gasteiger partial charge on any atom is 0.291 e. The number of carbonyl (C=O) groups is 1. The summed E-state index contributed by atoms with van der Waals surface area (Å²) in [6.45, 7) is 4.77. The first-order valence-electron chi connectivity index (χ1n) is 3.72. The van der Waals surface area contributed by atoms with E-state index in [4.69, 9.17) is 10.3 Å². The minimum absolute atomic E-state index is 0.128. The Balaban J connectivity index is 5.19. The lowest BCUT2D eigenvalue weighted by Gasteiger charge is -2.21. The van der Waals surface area contributed by atoms with Crippen LogP contribution in [-0.4, -0.2) is 23.6 Å². The molecule has 13 heavy (non-hydrogen) atoms. The van der Waals surface area contributed by atoms with Crippen LogP contribution < -0.4 is 5.73 Å². The Bertz CT molecular complexity index is 308. The first-order chi connectivity index (χ1) is 5.79. The Morgan fingerprint density at radius 3 is 2.38 bits per heavy atom. The molecule has 76 valence electrons. The van der Waals surface area contributed by atoms with Gasteiger partial charge in [0.25, 0.3) is 10.1 Å². The first-order valence-corrected chi connectivity index (χ1v) is 5.16. The molecule has 0 rings (SSSR count). The lowest BCUT2D eigenvalue weighted by atomic mass is 10.1. The molecular weight excluding hydrogens is 194 g/mol.